The van der Waals surface area contributed by atoms with Crippen LogP contribution in [0.2, 0.25) is 0 Å². The highest BCUT2D eigenvalue weighted by Crippen LogP contribution is 2.28. The van der Waals surface area contributed by atoms with Crippen molar-refractivity contribution in [1.29, 1.82) is 0 Å². The number of amides is 1. The molecule has 4 nitrogen and oxygen atoms in total. The molecule has 4 heteroatoms. The first-order chi connectivity index (χ1) is 13.8. The first-order valence-corrected chi connectivity index (χ1v) is 10.1. The number of carbonyl (C=O) groups excluding carboxylic acids is 1. The van der Waals surface area contributed by atoms with E-state index in [0.717, 1.165) is 28.6 Å². The molecular formula is C25H31N3O. The standard InChI is InChI=1S/C25H31N3O/c1-17-14-24(21-9-7-8-20(16-21)18(2)27(3)4)26-23-12-10-19(15-22(17)23)11-13-25(29)28(5)6/h7-10,12,14-16,18H,11,13H2,1-6H3. The molecule has 0 radical (unpaired) electrons. The van der Waals surface area contributed by atoms with Gasteiger partial charge in [-0.1, -0.05) is 24.3 Å². The van der Waals surface area contributed by atoms with Crippen molar-refractivity contribution in [2.24, 2.45) is 0 Å². The van der Waals surface area contributed by atoms with Crippen molar-refractivity contribution in [3.8, 4) is 11.3 Å². The Hall–Kier alpha value is -2.72. The molecule has 0 aliphatic carbocycles. The van der Waals surface area contributed by atoms with E-state index in [-0.39, 0.29) is 5.91 Å². The summed E-state index contributed by atoms with van der Waals surface area (Å²) in [6.07, 6.45) is 1.28. The van der Waals surface area contributed by atoms with Crippen LogP contribution in [-0.4, -0.2) is 48.9 Å². The molecule has 29 heavy (non-hydrogen) atoms. The molecule has 0 bridgehead atoms. The predicted octanol–water partition coefficient (Wildman–Crippen LogP) is 4.85. The molecule has 0 spiro atoms. The fourth-order valence-electron chi connectivity index (χ4n) is 3.48. The van der Waals surface area contributed by atoms with E-state index in [1.54, 1.807) is 19.0 Å². The molecule has 3 aromatic rings. The highest BCUT2D eigenvalue weighted by Gasteiger charge is 2.11. The first kappa shape index (κ1) is 21.0. The molecule has 0 saturated heterocycles. The van der Waals surface area contributed by atoms with Gasteiger partial charge in [0.25, 0.3) is 0 Å². The average molecular weight is 390 g/mol. The Morgan fingerprint density at radius 3 is 2.48 bits per heavy atom. The molecule has 1 unspecified atom stereocenters. The summed E-state index contributed by atoms with van der Waals surface area (Å²) >= 11 is 0. The average Bonchev–Trinajstić information content (AvgIpc) is 2.71. The zero-order chi connectivity index (χ0) is 21.1. The van der Waals surface area contributed by atoms with Gasteiger partial charge in [0.1, 0.15) is 0 Å². The van der Waals surface area contributed by atoms with Crippen LogP contribution in [0.5, 0.6) is 0 Å². The Labute approximate surface area is 174 Å². The first-order valence-electron chi connectivity index (χ1n) is 10.1. The molecule has 0 aliphatic heterocycles. The van der Waals surface area contributed by atoms with Crippen LogP contribution < -0.4 is 0 Å². The number of nitrogens with zero attached hydrogens (tertiary/aromatic N) is 3. The molecule has 1 atom stereocenters. The van der Waals surface area contributed by atoms with Crippen LogP contribution >= 0.6 is 0 Å². The number of hydrogen-bond acceptors (Lipinski definition) is 3. The summed E-state index contributed by atoms with van der Waals surface area (Å²) < 4.78 is 0. The lowest BCUT2D eigenvalue weighted by atomic mass is 9.99. The van der Waals surface area contributed by atoms with Gasteiger partial charge in [0, 0.05) is 37.5 Å². The third-order valence-corrected chi connectivity index (χ3v) is 5.65. The number of carbonyl (C=O) groups is 1. The van der Waals surface area contributed by atoms with E-state index in [4.69, 9.17) is 4.98 Å². The molecule has 1 aromatic heterocycles. The maximum absolute atomic E-state index is 11.9. The Kier molecular flexibility index (Phi) is 6.33. The van der Waals surface area contributed by atoms with Gasteiger partial charge in [0.15, 0.2) is 0 Å². The SMILES string of the molecule is Cc1cc(-c2cccc(C(C)N(C)C)c2)nc2ccc(CCC(=O)N(C)C)cc12. The number of pyridine rings is 1. The Bertz CT molecular complexity index is 1020. The lowest BCUT2D eigenvalue weighted by molar-refractivity contribution is -0.128. The van der Waals surface area contributed by atoms with Gasteiger partial charge in [0.2, 0.25) is 5.91 Å². The lowest BCUT2D eigenvalue weighted by Crippen LogP contribution is -2.21. The van der Waals surface area contributed by atoms with Crippen molar-refractivity contribution in [2.45, 2.75) is 32.7 Å². The summed E-state index contributed by atoms with van der Waals surface area (Å²) in [4.78, 5) is 20.7. The molecule has 152 valence electrons. The molecule has 2 aromatic carbocycles. The number of fused-ring (bicyclic) bond motifs is 1. The van der Waals surface area contributed by atoms with Gasteiger partial charge in [-0.25, -0.2) is 4.98 Å². The minimum atomic E-state index is 0.155. The molecule has 0 N–H and O–H groups in total. The summed E-state index contributed by atoms with van der Waals surface area (Å²) in [5.41, 5.74) is 6.80. The highest BCUT2D eigenvalue weighted by molar-refractivity contribution is 5.86. The Balaban J connectivity index is 1.91. The lowest BCUT2D eigenvalue weighted by Gasteiger charge is -2.20. The van der Waals surface area contributed by atoms with E-state index in [1.165, 1.54) is 16.7 Å². The van der Waals surface area contributed by atoms with Crippen LogP contribution in [0.25, 0.3) is 22.2 Å². The molecule has 0 aliphatic rings. The van der Waals surface area contributed by atoms with Gasteiger partial charge < -0.3 is 9.80 Å². The zero-order valence-electron chi connectivity index (χ0n) is 18.4. The van der Waals surface area contributed by atoms with Gasteiger partial charge in [-0.15, -0.1) is 0 Å². The van der Waals surface area contributed by atoms with Crippen molar-refractivity contribution in [1.82, 2.24) is 14.8 Å². The van der Waals surface area contributed by atoms with Crippen LogP contribution in [0.1, 0.15) is 36.1 Å². The Morgan fingerprint density at radius 2 is 1.79 bits per heavy atom. The Morgan fingerprint density at radius 1 is 1.03 bits per heavy atom. The van der Waals surface area contributed by atoms with Gasteiger partial charge in [-0.3, -0.25) is 4.79 Å². The van der Waals surface area contributed by atoms with Crippen molar-refractivity contribution >= 4 is 16.8 Å². The summed E-state index contributed by atoms with van der Waals surface area (Å²) in [7, 11) is 7.79. The van der Waals surface area contributed by atoms with Crippen LogP contribution in [0.3, 0.4) is 0 Å². The van der Waals surface area contributed by atoms with E-state index >= 15 is 0 Å². The maximum Gasteiger partial charge on any atom is 0.222 e. The van der Waals surface area contributed by atoms with Crippen LogP contribution in [0, 0.1) is 6.92 Å². The van der Waals surface area contributed by atoms with E-state index in [9.17, 15) is 4.79 Å². The minimum Gasteiger partial charge on any atom is -0.349 e. The monoisotopic (exact) mass is 389 g/mol. The molecule has 1 amide bonds. The smallest absolute Gasteiger partial charge is 0.222 e. The van der Waals surface area contributed by atoms with E-state index in [1.807, 2.05) is 0 Å². The van der Waals surface area contributed by atoms with Crippen molar-refractivity contribution in [3.63, 3.8) is 0 Å². The van der Waals surface area contributed by atoms with Crippen LogP contribution in [0.15, 0.2) is 48.5 Å². The number of aromatic nitrogens is 1. The fourth-order valence-corrected chi connectivity index (χ4v) is 3.48. The second kappa shape index (κ2) is 8.75. The van der Waals surface area contributed by atoms with Gasteiger partial charge >= 0.3 is 0 Å². The molecule has 0 saturated carbocycles. The van der Waals surface area contributed by atoms with E-state index in [2.05, 4.69) is 81.4 Å². The summed E-state index contributed by atoms with van der Waals surface area (Å²) in [5.74, 6) is 0.155. The molecule has 3 rings (SSSR count). The quantitative estimate of drug-likeness (QED) is 0.604. The minimum absolute atomic E-state index is 0.155. The number of benzene rings is 2. The fraction of sp³-hybridized carbons (Fsp3) is 0.360. The third kappa shape index (κ3) is 4.83. The van der Waals surface area contributed by atoms with Crippen molar-refractivity contribution in [3.05, 3.63) is 65.2 Å². The van der Waals surface area contributed by atoms with Gasteiger partial charge in [0.05, 0.1) is 11.2 Å². The topological polar surface area (TPSA) is 36.4 Å². The predicted molar refractivity (Wildman–Crippen MR) is 121 cm³/mol. The second-order valence-electron chi connectivity index (χ2n) is 8.23. The van der Waals surface area contributed by atoms with Crippen LogP contribution in [-0.2, 0) is 11.2 Å². The van der Waals surface area contributed by atoms with E-state index < -0.39 is 0 Å². The highest BCUT2D eigenvalue weighted by atomic mass is 16.2. The second-order valence-corrected chi connectivity index (χ2v) is 8.23. The summed E-state index contributed by atoms with van der Waals surface area (Å²) in [6, 6.07) is 17.5. The van der Waals surface area contributed by atoms with Crippen LogP contribution in [0.4, 0.5) is 0 Å². The number of aryl methyl sites for hydroxylation is 2. The normalized spacial score (nSPS) is 12.4. The summed E-state index contributed by atoms with van der Waals surface area (Å²) in [5, 5.41) is 1.15. The van der Waals surface area contributed by atoms with Gasteiger partial charge in [-0.05, 0) is 75.3 Å². The summed E-state index contributed by atoms with van der Waals surface area (Å²) in [6.45, 7) is 4.34. The van der Waals surface area contributed by atoms with E-state index in [0.29, 0.717) is 12.5 Å². The third-order valence-electron chi connectivity index (χ3n) is 5.65. The van der Waals surface area contributed by atoms with Crippen molar-refractivity contribution in [2.75, 3.05) is 28.2 Å². The number of hydrogen-bond donors (Lipinski definition) is 0. The zero-order valence-corrected chi connectivity index (χ0v) is 18.4. The molecule has 0 fully saturated rings. The largest absolute Gasteiger partial charge is 0.349 e. The maximum atomic E-state index is 11.9. The number of rotatable bonds is 6. The molecular weight excluding hydrogens is 358 g/mol. The van der Waals surface area contributed by atoms with Crippen molar-refractivity contribution < 1.29 is 4.79 Å². The van der Waals surface area contributed by atoms with Gasteiger partial charge in [-0.2, -0.15) is 0 Å². The molecule has 1 heterocycles.